The van der Waals surface area contributed by atoms with Crippen molar-refractivity contribution in [2.75, 3.05) is 0 Å². The number of nitrogens with one attached hydrogen (secondary N) is 1. The van der Waals surface area contributed by atoms with Crippen molar-refractivity contribution in [3.8, 4) is 0 Å². The van der Waals surface area contributed by atoms with Crippen LogP contribution in [0.5, 0.6) is 0 Å². The molecular formula is C8H16N2OS. The Morgan fingerprint density at radius 2 is 1.92 bits per heavy atom. The summed E-state index contributed by atoms with van der Waals surface area (Å²) in [6.45, 7) is 7.30. The van der Waals surface area contributed by atoms with E-state index in [0.717, 1.165) is 0 Å². The summed E-state index contributed by atoms with van der Waals surface area (Å²) < 4.78 is 0. The maximum atomic E-state index is 11.4. The molecule has 0 spiro atoms. The second-order valence-electron chi connectivity index (χ2n) is 3.85. The first-order chi connectivity index (χ1) is 5.25. The van der Waals surface area contributed by atoms with Crippen molar-refractivity contribution in [1.82, 2.24) is 5.32 Å². The van der Waals surface area contributed by atoms with Gasteiger partial charge in [-0.05, 0) is 6.92 Å². The van der Waals surface area contributed by atoms with E-state index >= 15 is 0 Å². The predicted octanol–water partition coefficient (Wildman–Crippen LogP) is 0.823. The van der Waals surface area contributed by atoms with Crippen LogP contribution in [0.2, 0.25) is 0 Å². The van der Waals surface area contributed by atoms with Gasteiger partial charge in [-0.15, -0.1) is 0 Å². The lowest BCUT2D eigenvalue weighted by atomic mass is 9.95. The van der Waals surface area contributed by atoms with E-state index in [9.17, 15) is 4.79 Å². The van der Waals surface area contributed by atoms with Crippen LogP contribution in [0.4, 0.5) is 0 Å². The van der Waals surface area contributed by atoms with Gasteiger partial charge in [0.2, 0.25) is 5.91 Å². The van der Waals surface area contributed by atoms with Crippen LogP contribution in [-0.4, -0.2) is 16.9 Å². The van der Waals surface area contributed by atoms with Gasteiger partial charge >= 0.3 is 0 Å². The van der Waals surface area contributed by atoms with E-state index in [0.29, 0.717) is 4.99 Å². The van der Waals surface area contributed by atoms with Crippen molar-refractivity contribution < 1.29 is 4.79 Å². The molecule has 12 heavy (non-hydrogen) atoms. The molecule has 0 radical (unpaired) electrons. The highest BCUT2D eigenvalue weighted by atomic mass is 32.1. The van der Waals surface area contributed by atoms with Crippen LogP contribution >= 0.6 is 12.2 Å². The Hall–Kier alpha value is -0.640. The molecule has 0 aromatic heterocycles. The molecule has 0 aliphatic carbocycles. The average Bonchev–Trinajstić information content (AvgIpc) is 1.85. The molecule has 0 rings (SSSR count). The number of thiocarbonyl (C=S) groups is 1. The molecule has 1 amide bonds. The summed E-state index contributed by atoms with van der Waals surface area (Å²) in [5.74, 6) is -0.0391. The van der Waals surface area contributed by atoms with Gasteiger partial charge in [0.25, 0.3) is 0 Å². The van der Waals surface area contributed by atoms with Gasteiger partial charge in [-0.3, -0.25) is 4.79 Å². The fraction of sp³-hybridized carbons (Fsp3) is 0.750. The number of hydrogen-bond acceptors (Lipinski definition) is 2. The number of carbonyl (C=O) groups is 1. The Kier molecular flexibility index (Phi) is 3.64. The summed E-state index contributed by atoms with van der Waals surface area (Å²) >= 11 is 4.72. The third kappa shape index (κ3) is 3.67. The molecule has 1 atom stereocenters. The van der Waals surface area contributed by atoms with Gasteiger partial charge in [0.1, 0.15) is 0 Å². The van der Waals surface area contributed by atoms with Gasteiger partial charge in [-0.25, -0.2) is 0 Å². The quantitative estimate of drug-likeness (QED) is 0.631. The highest BCUT2D eigenvalue weighted by molar-refractivity contribution is 7.80. The standard InChI is InChI=1S/C8H16N2OS/c1-5(6(9)12)10-7(11)8(2,3)4/h5H,1-4H3,(H2,9,12)(H,10,11). The topological polar surface area (TPSA) is 55.1 Å². The Morgan fingerprint density at radius 3 is 2.17 bits per heavy atom. The lowest BCUT2D eigenvalue weighted by Gasteiger charge is -2.20. The van der Waals surface area contributed by atoms with Crippen LogP contribution in [0.3, 0.4) is 0 Å². The minimum atomic E-state index is -0.390. The van der Waals surface area contributed by atoms with Crippen LogP contribution in [0, 0.1) is 5.41 Å². The van der Waals surface area contributed by atoms with E-state index < -0.39 is 0 Å². The average molecular weight is 188 g/mol. The lowest BCUT2D eigenvalue weighted by molar-refractivity contribution is -0.128. The summed E-state index contributed by atoms with van der Waals surface area (Å²) in [7, 11) is 0. The molecule has 0 saturated heterocycles. The summed E-state index contributed by atoms with van der Waals surface area (Å²) in [5, 5.41) is 2.71. The van der Waals surface area contributed by atoms with E-state index in [1.165, 1.54) is 0 Å². The van der Waals surface area contributed by atoms with Gasteiger partial charge in [0.15, 0.2) is 0 Å². The van der Waals surface area contributed by atoms with Crippen LogP contribution < -0.4 is 11.1 Å². The molecule has 0 aromatic carbocycles. The van der Waals surface area contributed by atoms with Crippen LogP contribution in [0.25, 0.3) is 0 Å². The minimum absolute atomic E-state index is 0.0391. The number of nitrogens with two attached hydrogens (primary N) is 1. The lowest BCUT2D eigenvalue weighted by Crippen LogP contribution is -2.45. The van der Waals surface area contributed by atoms with Gasteiger partial charge in [-0.1, -0.05) is 33.0 Å². The van der Waals surface area contributed by atoms with Crippen LogP contribution in [-0.2, 0) is 4.79 Å². The van der Waals surface area contributed by atoms with Crippen molar-refractivity contribution >= 4 is 23.1 Å². The zero-order chi connectivity index (χ0) is 9.94. The molecule has 0 bridgehead atoms. The van der Waals surface area contributed by atoms with Crippen molar-refractivity contribution in [3.05, 3.63) is 0 Å². The third-order valence-corrected chi connectivity index (χ3v) is 1.81. The van der Waals surface area contributed by atoms with Crippen molar-refractivity contribution in [3.63, 3.8) is 0 Å². The molecule has 0 aliphatic rings. The summed E-state index contributed by atoms with van der Waals surface area (Å²) in [6.07, 6.45) is 0. The molecule has 0 aliphatic heterocycles. The number of rotatable bonds is 2. The smallest absolute Gasteiger partial charge is 0.225 e. The summed E-state index contributed by atoms with van der Waals surface area (Å²) in [5.41, 5.74) is 4.95. The highest BCUT2D eigenvalue weighted by Gasteiger charge is 2.22. The first-order valence-electron chi connectivity index (χ1n) is 3.85. The molecule has 0 fully saturated rings. The highest BCUT2D eigenvalue weighted by Crippen LogP contribution is 2.12. The Bertz CT molecular complexity index is 196. The molecule has 1 unspecified atom stereocenters. The Balaban J connectivity index is 4.11. The molecular weight excluding hydrogens is 172 g/mol. The first kappa shape index (κ1) is 11.4. The van der Waals surface area contributed by atoms with Crippen LogP contribution in [0.1, 0.15) is 27.7 Å². The van der Waals surface area contributed by atoms with Crippen molar-refractivity contribution in [1.29, 1.82) is 0 Å². The van der Waals surface area contributed by atoms with Gasteiger partial charge in [0.05, 0.1) is 11.0 Å². The number of hydrogen-bond donors (Lipinski definition) is 2. The largest absolute Gasteiger partial charge is 0.392 e. The van der Waals surface area contributed by atoms with Crippen molar-refractivity contribution in [2.24, 2.45) is 11.1 Å². The molecule has 0 aromatic rings. The van der Waals surface area contributed by atoms with Crippen molar-refractivity contribution in [2.45, 2.75) is 33.7 Å². The Labute approximate surface area is 78.7 Å². The van der Waals surface area contributed by atoms with E-state index in [4.69, 9.17) is 18.0 Å². The molecule has 3 nitrogen and oxygen atoms in total. The number of amides is 1. The van der Waals surface area contributed by atoms with E-state index in [1.807, 2.05) is 20.8 Å². The SMILES string of the molecule is CC(NC(=O)C(C)(C)C)C(N)=S. The maximum Gasteiger partial charge on any atom is 0.225 e. The summed E-state index contributed by atoms with van der Waals surface area (Å²) in [6, 6.07) is -0.230. The molecule has 0 heterocycles. The third-order valence-electron chi connectivity index (χ3n) is 1.46. The summed E-state index contributed by atoms with van der Waals surface area (Å²) in [4.78, 5) is 11.7. The minimum Gasteiger partial charge on any atom is -0.392 e. The molecule has 4 heteroatoms. The van der Waals surface area contributed by atoms with E-state index in [1.54, 1.807) is 6.92 Å². The first-order valence-corrected chi connectivity index (χ1v) is 4.26. The second-order valence-corrected chi connectivity index (χ2v) is 4.32. The second kappa shape index (κ2) is 3.85. The molecule has 0 saturated carbocycles. The van der Waals surface area contributed by atoms with Crippen LogP contribution in [0.15, 0.2) is 0 Å². The fourth-order valence-corrected chi connectivity index (χ4v) is 0.543. The van der Waals surface area contributed by atoms with Gasteiger partial charge in [-0.2, -0.15) is 0 Å². The molecule has 70 valence electrons. The maximum absolute atomic E-state index is 11.4. The van der Waals surface area contributed by atoms with Gasteiger partial charge in [0, 0.05) is 5.41 Å². The van der Waals surface area contributed by atoms with Gasteiger partial charge < -0.3 is 11.1 Å². The predicted molar refractivity (Wildman–Crippen MR) is 53.8 cm³/mol. The zero-order valence-electron chi connectivity index (χ0n) is 7.97. The molecule has 3 N–H and O–H groups in total. The van der Waals surface area contributed by atoms with E-state index in [-0.39, 0.29) is 17.4 Å². The zero-order valence-corrected chi connectivity index (χ0v) is 8.79. The normalized spacial score (nSPS) is 13.7. The monoisotopic (exact) mass is 188 g/mol. The number of carbonyl (C=O) groups excluding carboxylic acids is 1. The van der Waals surface area contributed by atoms with E-state index in [2.05, 4.69) is 5.32 Å². The Morgan fingerprint density at radius 1 is 1.50 bits per heavy atom. The fourth-order valence-electron chi connectivity index (χ4n) is 0.484.